The summed E-state index contributed by atoms with van der Waals surface area (Å²) in [5.41, 5.74) is 1.22. The molecule has 0 aliphatic carbocycles. The van der Waals surface area contributed by atoms with Gasteiger partial charge in [-0.25, -0.2) is 13.8 Å². The number of alkyl halides is 1. The summed E-state index contributed by atoms with van der Waals surface area (Å²) >= 11 is 0. The van der Waals surface area contributed by atoms with E-state index in [4.69, 9.17) is 4.74 Å². The van der Waals surface area contributed by atoms with Crippen LogP contribution in [-0.2, 0) is 20.7 Å². The van der Waals surface area contributed by atoms with Crippen LogP contribution in [0.25, 0.3) is 0 Å². The lowest BCUT2D eigenvalue weighted by Crippen LogP contribution is -2.43. The van der Waals surface area contributed by atoms with Crippen molar-refractivity contribution in [3.05, 3.63) is 47.5 Å². The summed E-state index contributed by atoms with van der Waals surface area (Å²) in [5.74, 6) is -0.0983. The Balaban J connectivity index is 1.64. The van der Waals surface area contributed by atoms with Crippen LogP contribution in [0.15, 0.2) is 41.2 Å². The Morgan fingerprint density at radius 2 is 2.04 bits per heavy atom. The van der Waals surface area contributed by atoms with Crippen LogP contribution in [0.2, 0.25) is 0 Å². The monoisotopic (exact) mass is 362 g/mol. The van der Waals surface area contributed by atoms with Crippen molar-refractivity contribution in [3.63, 3.8) is 0 Å². The Bertz CT molecular complexity index is 744. The third-order valence-corrected chi connectivity index (χ3v) is 4.29. The molecule has 1 saturated heterocycles. The molecule has 0 saturated carbocycles. The molecule has 7 heteroatoms. The van der Waals surface area contributed by atoms with Crippen LogP contribution < -0.4 is 0 Å². The number of allylic oxidation sites excluding steroid dienone is 1. The molecule has 2 aliphatic rings. The van der Waals surface area contributed by atoms with Gasteiger partial charge in [0.05, 0.1) is 6.61 Å². The number of halogens is 2. The topological polar surface area (TPSA) is 59.0 Å². The summed E-state index contributed by atoms with van der Waals surface area (Å²) in [6.45, 7) is 0.630. The number of ether oxygens (including phenoxy) is 1. The number of aliphatic imine (C=N–C) groups is 1. The van der Waals surface area contributed by atoms with Crippen LogP contribution in [-0.4, -0.2) is 54.7 Å². The number of Topliss-reactive ketones (excluding diaryl/α,β-unsaturated/α-hetero) is 1. The predicted molar refractivity (Wildman–Crippen MR) is 92.2 cm³/mol. The molecule has 0 spiro atoms. The van der Waals surface area contributed by atoms with E-state index in [2.05, 4.69) is 4.99 Å². The summed E-state index contributed by atoms with van der Waals surface area (Å²) in [5, 5.41) is 0. The highest BCUT2D eigenvalue weighted by molar-refractivity contribution is 6.14. The Morgan fingerprint density at radius 1 is 1.27 bits per heavy atom. The molecule has 1 aromatic rings. The van der Waals surface area contributed by atoms with Crippen molar-refractivity contribution in [2.24, 2.45) is 4.99 Å². The first-order valence-corrected chi connectivity index (χ1v) is 8.53. The first kappa shape index (κ1) is 18.4. The van der Waals surface area contributed by atoms with Gasteiger partial charge < -0.3 is 9.64 Å². The fraction of sp³-hybridized carbons (Fsp3) is 0.421. The molecule has 1 fully saturated rings. The summed E-state index contributed by atoms with van der Waals surface area (Å²) in [4.78, 5) is 30.5. The zero-order valence-corrected chi connectivity index (χ0v) is 14.3. The number of benzene rings is 1. The summed E-state index contributed by atoms with van der Waals surface area (Å²) in [6.07, 6.45) is 1.25. The second-order valence-corrected chi connectivity index (χ2v) is 6.44. The smallest absolute Gasteiger partial charge is 0.164 e. The lowest BCUT2D eigenvalue weighted by Gasteiger charge is -2.34. The van der Waals surface area contributed by atoms with E-state index in [0.29, 0.717) is 36.8 Å². The molecule has 26 heavy (non-hydrogen) atoms. The van der Waals surface area contributed by atoms with Crippen LogP contribution in [0, 0.1) is 5.82 Å². The highest BCUT2D eigenvalue weighted by Crippen LogP contribution is 2.19. The first-order chi connectivity index (χ1) is 12.5. The van der Waals surface area contributed by atoms with E-state index in [1.54, 1.807) is 12.1 Å². The maximum Gasteiger partial charge on any atom is 0.164 e. The fourth-order valence-corrected chi connectivity index (χ4v) is 3.03. The molecular formula is C19H20F2N2O3. The van der Waals surface area contributed by atoms with Gasteiger partial charge in [0.25, 0.3) is 0 Å². The molecular weight excluding hydrogens is 342 g/mol. The molecule has 0 aromatic heterocycles. The normalized spacial score (nSPS) is 20.6. The number of rotatable bonds is 6. The molecule has 0 radical (unpaired) electrons. The Morgan fingerprint density at radius 3 is 2.77 bits per heavy atom. The SMILES string of the molecule is O=C1C=C(N2CCOC(CF)C2)N=C(CC(=O)Cc2ccc(F)cc2)C1. The summed E-state index contributed by atoms with van der Waals surface area (Å²) in [7, 11) is 0. The highest BCUT2D eigenvalue weighted by Gasteiger charge is 2.25. The van der Waals surface area contributed by atoms with Crippen molar-refractivity contribution in [3.8, 4) is 0 Å². The average molecular weight is 362 g/mol. The largest absolute Gasteiger partial charge is 0.372 e. The van der Waals surface area contributed by atoms with E-state index in [-0.39, 0.29) is 36.6 Å². The van der Waals surface area contributed by atoms with Crippen LogP contribution in [0.3, 0.4) is 0 Å². The second-order valence-electron chi connectivity index (χ2n) is 6.44. The van der Waals surface area contributed by atoms with Gasteiger partial charge >= 0.3 is 0 Å². The number of hydrogen-bond donors (Lipinski definition) is 0. The van der Waals surface area contributed by atoms with E-state index in [1.165, 1.54) is 18.2 Å². The van der Waals surface area contributed by atoms with Gasteiger partial charge in [-0.15, -0.1) is 0 Å². The van der Waals surface area contributed by atoms with E-state index in [1.807, 2.05) is 4.90 Å². The minimum absolute atomic E-state index is 0.0668. The highest BCUT2D eigenvalue weighted by atomic mass is 19.1. The van der Waals surface area contributed by atoms with E-state index < -0.39 is 12.8 Å². The Kier molecular flexibility index (Phi) is 5.88. The van der Waals surface area contributed by atoms with Crippen LogP contribution >= 0.6 is 0 Å². The lowest BCUT2D eigenvalue weighted by molar-refractivity contribution is -0.117. The zero-order chi connectivity index (χ0) is 18.5. The number of hydrogen-bond acceptors (Lipinski definition) is 5. The minimum Gasteiger partial charge on any atom is -0.372 e. The molecule has 1 aromatic carbocycles. The number of carbonyl (C=O) groups excluding carboxylic acids is 2. The Labute approximate surface area is 150 Å². The Hall–Kier alpha value is -2.41. The summed E-state index contributed by atoms with van der Waals surface area (Å²) in [6, 6.07) is 5.75. The second kappa shape index (κ2) is 8.31. The molecule has 0 bridgehead atoms. The number of morpholine rings is 1. The van der Waals surface area contributed by atoms with Gasteiger partial charge in [-0.05, 0) is 17.7 Å². The predicted octanol–water partition coefficient (Wildman–Crippen LogP) is 2.25. The van der Waals surface area contributed by atoms with Gasteiger partial charge in [0, 0.05) is 44.1 Å². The molecule has 2 aliphatic heterocycles. The molecule has 138 valence electrons. The van der Waals surface area contributed by atoms with E-state index in [0.717, 1.165) is 0 Å². The molecule has 1 atom stereocenters. The first-order valence-electron chi connectivity index (χ1n) is 8.53. The molecule has 2 heterocycles. The third kappa shape index (κ3) is 4.82. The van der Waals surface area contributed by atoms with Crippen LogP contribution in [0.4, 0.5) is 8.78 Å². The van der Waals surface area contributed by atoms with Crippen molar-refractivity contribution >= 4 is 17.3 Å². The number of carbonyl (C=O) groups is 2. The maximum atomic E-state index is 12.9. The van der Waals surface area contributed by atoms with Crippen molar-refractivity contribution in [2.45, 2.75) is 25.4 Å². The standard InChI is InChI=1S/C19H20F2N2O3/c20-11-18-12-23(5-6-26-18)19-10-17(25)9-15(22-19)8-16(24)7-13-1-3-14(21)4-2-13/h1-4,10,18H,5-9,11-12H2. The molecule has 5 nitrogen and oxygen atoms in total. The molecule has 3 rings (SSSR count). The van der Waals surface area contributed by atoms with Crippen molar-refractivity contribution in [1.82, 2.24) is 4.90 Å². The van der Waals surface area contributed by atoms with Crippen LogP contribution in [0.1, 0.15) is 18.4 Å². The summed E-state index contributed by atoms with van der Waals surface area (Å²) < 4.78 is 31.0. The maximum absolute atomic E-state index is 12.9. The zero-order valence-electron chi connectivity index (χ0n) is 14.3. The molecule has 1 unspecified atom stereocenters. The van der Waals surface area contributed by atoms with Gasteiger partial charge in [0.15, 0.2) is 5.78 Å². The van der Waals surface area contributed by atoms with Crippen molar-refractivity contribution < 1.29 is 23.1 Å². The molecule has 0 amide bonds. The molecule has 0 N–H and O–H groups in total. The number of ketones is 2. The quantitative estimate of drug-likeness (QED) is 0.779. The van der Waals surface area contributed by atoms with Crippen molar-refractivity contribution in [2.75, 3.05) is 26.4 Å². The van der Waals surface area contributed by atoms with Gasteiger partial charge in [-0.2, -0.15) is 0 Å². The van der Waals surface area contributed by atoms with Gasteiger partial charge in [0.2, 0.25) is 0 Å². The van der Waals surface area contributed by atoms with Gasteiger partial charge in [0.1, 0.15) is 30.2 Å². The fourth-order valence-electron chi connectivity index (χ4n) is 3.03. The lowest BCUT2D eigenvalue weighted by atomic mass is 10.0. The minimum atomic E-state index is -0.593. The van der Waals surface area contributed by atoms with E-state index >= 15 is 0 Å². The third-order valence-electron chi connectivity index (χ3n) is 4.29. The van der Waals surface area contributed by atoms with E-state index in [9.17, 15) is 18.4 Å². The number of nitrogens with zero attached hydrogens (tertiary/aromatic N) is 2. The van der Waals surface area contributed by atoms with Gasteiger partial charge in [-0.3, -0.25) is 9.59 Å². The van der Waals surface area contributed by atoms with Gasteiger partial charge in [-0.1, -0.05) is 12.1 Å². The van der Waals surface area contributed by atoms with Crippen LogP contribution in [0.5, 0.6) is 0 Å². The average Bonchev–Trinajstić information content (AvgIpc) is 2.63. The van der Waals surface area contributed by atoms with Crippen molar-refractivity contribution in [1.29, 1.82) is 0 Å².